The highest BCUT2D eigenvalue weighted by molar-refractivity contribution is 7.92. The summed E-state index contributed by atoms with van der Waals surface area (Å²) in [6.07, 6.45) is 0.318. The number of nitrogens with one attached hydrogen (secondary N) is 1. The molecule has 2 rings (SSSR count). The third-order valence-corrected chi connectivity index (χ3v) is 7.46. The van der Waals surface area contributed by atoms with Crippen LogP contribution in [0.5, 0.6) is 0 Å². The van der Waals surface area contributed by atoms with Gasteiger partial charge in [-0.1, -0.05) is 12.1 Å². The Morgan fingerprint density at radius 1 is 1.19 bits per heavy atom. The van der Waals surface area contributed by atoms with Gasteiger partial charge in [-0.3, -0.25) is 0 Å². The summed E-state index contributed by atoms with van der Waals surface area (Å²) < 4.78 is 50.0. The molecule has 1 atom stereocenters. The van der Waals surface area contributed by atoms with Crippen molar-refractivity contribution < 1.29 is 16.8 Å². The third-order valence-electron chi connectivity index (χ3n) is 3.72. The maximum atomic E-state index is 12.3. The molecule has 1 unspecified atom stereocenters. The first-order valence-corrected chi connectivity index (χ1v) is 10.1. The van der Waals surface area contributed by atoms with Crippen LogP contribution in [0.3, 0.4) is 0 Å². The van der Waals surface area contributed by atoms with Crippen molar-refractivity contribution in [2.24, 2.45) is 0 Å². The molecule has 1 fully saturated rings. The van der Waals surface area contributed by atoms with Crippen LogP contribution in [-0.2, 0) is 19.9 Å². The van der Waals surface area contributed by atoms with Crippen LogP contribution in [0, 0.1) is 0 Å². The Morgan fingerprint density at radius 3 is 2.24 bits per heavy atom. The highest BCUT2D eigenvalue weighted by Crippen LogP contribution is 2.22. The van der Waals surface area contributed by atoms with Crippen LogP contribution in [0.4, 0.5) is 5.69 Å². The molecule has 0 spiro atoms. The molecule has 1 aromatic rings. The normalized spacial score (nSPS) is 21.0. The van der Waals surface area contributed by atoms with E-state index >= 15 is 0 Å². The Bertz CT molecular complexity index is 682. The van der Waals surface area contributed by atoms with Gasteiger partial charge in [0.15, 0.2) is 0 Å². The topological polar surface area (TPSA) is 106 Å². The predicted molar refractivity (Wildman–Crippen MR) is 83.0 cm³/mol. The van der Waals surface area contributed by atoms with Gasteiger partial charge in [-0.05, 0) is 37.5 Å². The summed E-state index contributed by atoms with van der Waals surface area (Å²) in [5, 5.41) is -0.641. The summed E-state index contributed by atoms with van der Waals surface area (Å²) >= 11 is 0. The second-order valence-corrected chi connectivity index (χ2v) is 9.70. The lowest BCUT2D eigenvalue weighted by Gasteiger charge is -2.24. The van der Waals surface area contributed by atoms with Gasteiger partial charge in [0.25, 0.3) is 0 Å². The number of anilines is 1. The van der Waals surface area contributed by atoms with E-state index < -0.39 is 25.1 Å². The summed E-state index contributed by atoms with van der Waals surface area (Å²) in [4.78, 5) is 0. The summed E-state index contributed by atoms with van der Waals surface area (Å²) in [7, 11) is -6.60. The van der Waals surface area contributed by atoms with Crippen LogP contribution in [0.2, 0.25) is 0 Å². The maximum Gasteiger partial charge on any atom is 0.215 e. The number of rotatable bonds is 4. The van der Waals surface area contributed by atoms with E-state index in [-0.39, 0.29) is 30.4 Å². The van der Waals surface area contributed by atoms with Gasteiger partial charge < -0.3 is 5.73 Å². The fourth-order valence-electron chi connectivity index (χ4n) is 2.37. The Morgan fingerprint density at radius 2 is 1.71 bits per heavy atom. The number of nitrogens with two attached hydrogens (primary N) is 1. The minimum atomic E-state index is -3.54. The second kappa shape index (κ2) is 5.94. The number of sulfonamides is 1. The van der Waals surface area contributed by atoms with Crippen molar-refractivity contribution in [3.8, 4) is 0 Å². The fourth-order valence-corrected chi connectivity index (χ4v) is 5.84. The summed E-state index contributed by atoms with van der Waals surface area (Å²) in [6, 6.07) is 6.59. The van der Waals surface area contributed by atoms with E-state index in [1.807, 2.05) is 0 Å². The zero-order valence-corrected chi connectivity index (χ0v) is 13.5. The molecule has 1 aliphatic heterocycles. The molecule has 0 amide bonds. The number of sulfone groups is 1. The van der Waals surface area contributed by atoms with Gasteiger partial charge >= 0.3 is 0 Å². The van der Waals surface area contributed by atoms with E-state index in [1.54, 1.807) is 31.2 Å². The Balaban J connectivity index is 2.05. The standard InChI is InChI=1S/C13H20N2O4S2/c1-10(11-2-4-12(14)5-3-11)15-21(18,19)13-6-8-20(16,17)9-7-13/h2-5,10,13,15H,6-9,14H2,1H3. The van der Waals surface area contributed by atoms with Crippen molar-refractivity contribution in [1.29, 1.82) is 0 Å². The Labute approximate surface area is 125 Å². The molecule has 118 valence electrons. The predicted octanol–water partition coefficient (Wildman–Crippen LogP) is 0.826. The summed E-state index contributed by atoms with van der Waals surface area (Å²) in [5.41, 5.74) is 7.03. The molecule has 1 aromatic carbocycles. The maximum absolute atomic E-state index is 12.3. The van der Waals surface area contributed by atoms with E-state index in [4.69, 9.17) is 5.73 Å². The molecule has 0 aromatic heterocycles. The molecular formula is C13H20N2O4S2. The molecule has 1 saturated heterocycles. The van der Waals surface area contributed by atoms with Gasteiger partial charge in [0.1, 0.15) is 9.84 Å². The van der Waals surface area contributed by atoms with Crippen LogP contribution < -0.4 is 10.5 Å². The fraction of sp³-hybridized carbons (Fsp3) is 0.538. The molecule has 0 radical (unpaired) electrons. The molecule has 1 heterocycles. The van der Waals surface area contributed by atoms with Crippen molar-refractivity contribution in [2.75, 3.05) is 17.2 Å². The van der Waals surface area contributed by atoms with E-state index in [0.29, 0.717) is 5.69 Å². The minimum Gasteiger partial charge on any atom is -0.399 e. The van der Waals surface area contributed by atoms with Crippen LogP contribution >= 0.6 is 0 Å². The molecule has 21 heavy (non-hydrogen) atoms. The average molecular weight is 332 g/mol. The highest BCUT2D eigenvalue weighted by Gasteiger charge is 2.33. The molecule has 3 N–H and O–H groups in total. The van der Waals surface area contributed by atoms with Crippen molar-refractivity contribution in [2.45, 2.75) is 31.1 Å². The number of hydrogen-bond donors (Lipinski definition) is 2. The van der Waals surface area contributed by atoms with Gasteiger partial charge in [-0.15, -0.1) is 0 Å². The monoisotopic (exact) mass is 332 g/mol. The zero-order chi connectivity index (χ0) is 15.7. The van der Waals surface area contributed by atoms with E-state index in [0.717, 1.165) is 5.56 Å². The quantitative estimate of drug-likeness (QED) is 0.794. The van der Waals surface area contributed by atoms with Gasteiger partial charge in [0.05, 0.1) is 16.8 Å². The van der Waals surface area contributed by atoms with E-state index in [1.165, 1.54) is 0 Å². The molecule has 0 saturated carbocycles. The number of hydrogen-bond acceptors (Lipinski definition) is 5. The minimum absolute atomic E-state index is 0.0607. The van der Waals surface area contributed by atoms with Crippen LogP contribution in [0.1, 0.15) is 31.4 Å². The average Bonchev–Trinajstić information content (AvgIpc) is 2.38. The van der Waals surface area contributed by atoms with Crippen molar-refractivity contribution in [3.63, 3.8) is 0 Å². The number of nitrogen functional groups attached to an aromatic ring is 1. The zero-order valence-electron chi connectivity index (χ0n) is 11.8. The molecule has 0 aliphatic carbocycles. The first-order valence-electron chi connectivity index (χ1n) is 6.77. The smallest absolute Gasteiger partial charge is 0.215 e. The molecule has 1 aliphatic rings. The van der Waals surface area contributed by atoms with E-state index in [9.17, 15) is 16.8 Å². The van der Waals surface area contributed by atoms with Gasteiger partial charge in [0.2, 0.25) is 10.0 Å². The van der Waals surface area contributed by atoms with Gasteiger partial charge in [0, 0.05) is 11.7 Å². The van der Waals surface area contributed by atoms with Crippen molar-refractivity contribution >= 4 is 25.5 Å². The lowest BCUT2D eigenvalue weighted by Crippen LogP contribution is -2.40. The molecular weight excluding hydrogens is 312 g/mol. The highest BCUT2D eigenvalue weighted by atomic mass is 32.2. The van der Waals surface area contributed by atoms with Gasteiger partial charge in [-0.2, -0.15) is 0 Å². The molecule has 0 bridgehead atoms. The Hall–Kier alpha value is -1.12. The lowest BCUT2D eigenvalue weighted by molar-refractivity contribution is 0.533. The first-order chi connectivity index (χ1) is 9.70. The Kier molecular flexibility index (Phi) is 4.60. The lowest BCUT2D eigenvalue weighted by atomic mass is 10.1. The third kappa shape index (κ3) is 4.18. The van der Waals surface area contributed by atoms with Crippen LogP contribution in [0.15, 0.2) is 24.3 Å². The van der Waals surface area contributed by atoms with Crippen LogP contribution in [0.25, 0.3) is 0 Å². The molecule has 6 nitrogen and oxygen atoms in total. The number of benzene rings is 1. The largest absolute Gasteiger partial charge is 0.399 e. The SMILES string of the molecule is CC(NS(=O)(=O)C1CCS(=O)(=O)CC1)c1ccc(N)cc1. The summed E-state index contributed by atoms with van der Waals surface area (Å²) in [6.45, 7) is 1.75. The van der Waals surface area contributed by atoms with Gasteiger partial charge in [-0.25, -0.2) is 21.6 Å². The first kappa shape index (κ1) is 16.3. The summed E-state index contributed by atoms with van der Waals surface area (Å²) in [5.74, 6) is -0.121. The van der Waals surface area contributed by atoms with Crippen LogP contribution in [-0.4, -0.2) is 33.6 Å². The van der Waals surface area contributed by atoms with E-state index in [2.05, 4.69) is 4.72 Å². The molecule has 8 heteroatoms. The van der Waals surface area contributed by atoms with Crippen molar-refractivity contribution in [3.05, 3.63) is 29.8 Å². The second-order valence-electron chi connectivity index (χ2n) is 5.40. The van der Waals surface area contributed by atoms with Crippen molar-refractivity contribution in [1.82, 2.24) is 4.72 Å².